The predicted octanol–water partition coefficient (Wildman–Crippen LogP) is 1.63. The highest BCUT2D eigenvalue weighted by molar-refractivity contribution is 5.94. The Morgan fingerprint density at radius 3 is 3.04 bits per heavy atom. The Labute approximate surface area is 142 Å². The molecule has 1 aromatic heterocycles. The number of fused-ring (bicyclic) bond motifs is 1. The van der Waals surface area contributed by atoms with Crippen molar-refractivity contribution in [2.75, 3.05) is 6.54 Å². The molecule has 6 nitrogen and oxygen atoms in total. The number of hydrogen-bond donors (Lipinski definition) is 3. The van der Waals surface area contributed by atoms with E-state index in [4.69, 9.17) is 4.74 Å². The van der Waals surface area contributed by atoms with Gasteiger partial charge in [0.1, 0.15) is 6.10 Å². The van der Waals surface area contributed by atoms with Crippen LogP contribution in [0.3, 0.4) is 0 Å². The van der Waals surface area contributed by atoms with Crippen molar-refractivity contribution >= 4 is 5.91 Å². The molecule has 0 radical (unpaired) electrons. The van der Waals surface area contributed by atoms with Gasteiger partial charge in [-0.25, -0.2) is 4.98 Å². The fraction of sp³-hybridized carbons (Fsp3) is 0.667. The number of amides is 1. The molecule has 6 heteroatoms. The molecule has 1 saturated heterocycles. The summed E-state index contributed by atoms with van der Waals surface area (Å²) in [7, 11) is 0. The van der Waals surface area contributed by atoms with Crippen LogP contribution in [0.4, 0.5) is 0 Å². The van der Waals surface area contributed by atoms with Crippen LogP contribution in [0.5, 0.6) is 5.88 Å². The maximum Gasteiger partial charge on any atom is 0.251 e. The number of carbonyl (C=O) groups excluding carboxylic acids is 1. The number of pyridine rings is 1. The van der Waals surface area contributed by atoms with Crippen molar-refractivity contribution < 1.29 is 9.53 Å². The van der Waals surface area contributed by atoms with Crippen molar-refractivity contribution in [2.45, 2.75) is 57.2 Å². The van der Waals surface area contributed by atoms with E-state index in [1.807, 2.05) is 0 Å². The standard InChI is InChI=1S/C18H26N4O2/c1-11-7-13-10-20-22-16(13)9-15(11)21-18(23)12-5-6-19-17(8-12)24-14-3-2-4-14/h5-6,8,11,13-16,20,22H,2-4,7,9-10H2,1H3,(H,21,23). The van der Waals surface area contributed by atoms with Gasteiger partial charge in [-0.05, 0) is 50.0 Å². The zero-order chi connectivity index (χ0) is 16.5. The van der Waals surface area contributed by atoms with Gasteiger partial charge in [0.25, 0.3) is 5.91 Å². The fourth-order valence-electron chi connectivity index (χ4n) is 3.96. The van der Waals surface area contributed by atoms with E-state index in [0.717, 1.165) is 32.2 Å². The lowest BCUT2D eigenvalue weighted by Crippen LogP contribution is -2.49. The highest BCUT2D eigenvalue weighted by atomic mass is 16.5. The first-order chi connectivity index (χ1) is 11.7. The lowest BCUT2D eigenvalue weighted by molar-refractivity contribution is 0.0888. The Bertz CT molecular complexity index is 604. The summed E-state index contributed by atoms with van der Waals surface area (Å²) < 4.78 is 5.80. The van der Waals surface area contributed by atoms with E-state index in [1.165, 1.54) is 6.42 Å². The van der Waals surface area contributed by atoms with Crippen LogP contribution in [0, 0.1) is 11.8 Å². The van der Waals surface area contributed by atoms with Crippen LogP contribution >= 0.6 is 0 Å². The molecule has 1 aliphatic heterocycles. The highest BCUT2D eigenvalue weighted by Gasteiger charge is 2.38. The molecule has 130 valence electrons. The molecule has 1 aromatic rings. The number of hydrazine groups is 1. The molecule has 2 aliphatic carbocycles. The van der Waals surface area contributed by atoms with Crippen molar-refractivity contribution in [3.8, 4) is 5.88 Å². The molecule has 3 N–H and O–H groups in total. The van der Waals surface area contributed by atoms with Gasteiger partial charge < -0.3 is 10.1 Å². The monoisotopic (exact) mass is 330 g/mol. The van der Waals surface area contributed by atoms with Gasteiger partial charge in [0.05, 0.1) is 0 Å². The van der Waals surface area contributed by atoms with Gasteiger partial charge in [-0.15, -0.1) is 0 Å². The molecule has 0 bridgehead atoms. The van der Waals surface area contributed by atoms with Crippen LogP contribution in [-0.2, 0) is 0 Å². The maximum absolute atomic E-state index is 12.6. The quantitative estimate of drug-likeness (QED) is 0.782. The second-order valence-electron chi connectivity index (χ2n) is 7.47. The molecular weight excluding hydrogens is 304 g/mol. The molecule has 0 spiro atoms. The molecule has 2 saturated carbocycles. The van der Waals surface area contributed by atoms with Gasteiger partial charge in [-0.1, -0.05) is 6.92 Å². The zero-order valence-corrected chi connectivity index (χ0v) is 14.1. The summed E-state index contributed by atoms with van der Waals surface area (Å²) >= 11 is 0. The van der Waals surface area contributed by atoms with E-state index in [9.17, 15) is 4.79 Å². The van der Waals surface area contributed by atoms with Gasteiger partial charge in [0.2, 0.25) is 5.88 Å². The highest BCUT2D eigenvalue weighted by Crippen LogP contribution is 2.31. The summed E-state index contributed by atoms with van der Waals surface area (Å²) in [4.78, 5) is 16.9. The van der Waals surface area contributed by atoms with Crippen LogP contribution in [0.15, 0.2) is 18.3 Å². The molecular formula is C18H26N4O2. The fourth-order valence-corrected chi connectivity index (χ4v) is 3.96. The molecule has 3 aliphatic rings. The molecule has 1 amide bonds. The summed E-state index contributed by atoms with van der Waals surface area (Å²) in [6, 6.07) is 4.19. The molecule has 4 rings (SSSR count). The van der Waals surface area contributed by atoms with E-state index < -0.39 is 0 Å². The SMILES string of the molecule is CC1CC2CNNC2CC1NC(=O)c1ccnc(OC2CCC2)c1. The topological polar surface area (TPSA) is 75.3 Å². The van der Waals surface area contributed by atoms with Gasteiger partial charge in [0.15, 0.2) is 0 Å². The first kappa shape index (κ1) is 15.8. The van der Waals surface area contributed by atoms with E-state index in [1.54, 1.807) is 18.3 Å². The third-order valence-corrected chi connectivity index (χ3v) is 5.74. The summed E-state index contributed by atoms with van der Waals surface area (Å²) in [5, 5.41) is 3.22. The molecule has 4 unspecified atom stereocenters. The van der Waals surface area contributed by atoms with Crippen LogP contribution < -0.4 is 20.9 Å². The minimum Gasteiger partial charge on any atom is -0.474 e. The van der Waals surface area contributed by atoms with E-state index in [2.05, 4.69) is 28.1 Å². The largest absolute Gasteiger partial charge is 0.474 e. The average Bonchev–Trinajstić information content (AvgIpc) is 2.98. The predicted molar refractivity (Wildman–Crippen MR) is 90.6 cm³/mol. The van der Waals surface area contributed by atoms with Crippen molar-refractivity contribution in [1.82, 2.24) is 21.2 Å². The molecule has 2 heterocycles. The molecule has 3 fully saturated rings. The van der Waals surface area contributed by atoms with Gasteiger partial charge in [-0.2, -0.15) is 0 Å². The number of ether oxygens (including phenoxy) is 1. The van der Waals surface area contributed by atoms with E-state index >= 15 is 0 Å². The number of hydrogen-bond acceptors (Lipinski definition) is 5. The molecule has 4 atom stereocenters. The average molecular weight is 330 g/mol. The normalized spacial score (nSPS) is 32.7. The molecule has 24 heavy (non-hydrogen) atoms. The minimum atomic E-state index is -0.0304. The lowest BCUT2D eigenvalue weighted by atomic mass is 9.76. The minimum absolute atomic E-state index is 0.0304. The number of nitrogens with zero attached hydrogens (tertiary/aromatic N) is 1. The Kier molecular flexibility index (Phi) is 4.41. The Morgan fingerprint density at radius 2 is 2.25 bits per heavy atom. The summed E-state index contributed by atoms with van der Waals surface area (Å²) in [5.41, 5.74) is 7.20. The Hall–Kier alpha value is -1.66. The third-order valence-electron chi connectivity index (χ3n) is 5.74. The lowest BCUT2D eigenvalue weighted by Gasteiger charge is -2.36. The van der Waals surface area contributed by atoms with Gasteiger partial charge in [-0.3, -0.25) is 15.6 Å². The number of carbonyl (C=O) groups is 1. The van der Waals surface area contributed by atoms with Crippen molar-refractivity contribution in [3.05, 3.63) is 23.9 Å². The Balaban J connectivity index is 1.39. The van der Waals surface area contributed by atoms with Gasteiger partial charge >= 0.3 is 0 Å². The second-order valence-corrected chi connectivity index (χ2v) is 7.47. The summed E-state index contributed by atoms with van der Waals surface area (Å²) in [6.45, 7) is 3.26. The third kappa shape index (κ3) is 3.26. The van der Waals surface area contributed by atoms with Gasteiger partial charge in [0, 0.05) is 36.5 Å². The number of aromatic nitrogens is 1. The summed E-state index contributed by atoms with van der Waals surface area (Å²) in [5.74, 6) is 1.70. The zero-order valence-electron chi connectivity index (χ0n) is 14.1. The van der Waals surface area contributed by atoms with Crippen molar-refractivity contribution in [3.63, 3.8) is 0 Å². The van der Waals surface area contributed by atoms with Crippen LogP contribution in [0.25, 0.3) is 0 Å². The maximum atomic E-state index is 12.6. The summed E-state index contributed by atoms with van der Waals surface area (Å²) in [6.07, 6.45) is 7.43. The van der Waals surface area contributed by atoms with Crippen LogP contribution in [0.2, 0.25) is 0 Å². The number of nitrogens with one attached hydrogen (secondary N) is 3. The second kappa shape index (κ2) is 6.69. The first-order valence-electron chi connectivity index (χ1n) is 9.11. The van der Waals surface area contributed by atoms with E-state index in [0.29, 0.717) is 29.3 Å². The van der Waals surface area contributed by atoms with Crippen LogP contribution in [-0.4, -0.2) is 35.6 Å². The van der Waals surface area contributed by atoms with Crippen molar-refractivity contribution in [2.24, 2.45) is 11.8 Å². The number of rotatable bonds is 4. The smallest absolute Gasteiger partial charge is 0.251 e. The Morgan fingerprint density at radius 1 is 1.38 bits per heavy atom. The molecule has 0 aromatic carbocycles. The van der Waals surface area contributed by atoms with Crippen LogP contribution in [0.1, 0.15) is 49.4 Å². The van der Waals surface area contributed by atoms with Crippen molar-refractivity contribution in [1.29, 1.82) is 0 Å². The first-order valence-corrected chi connectivity index (χ1v) is 9.11. The van der Waals surface area contributed by atoms with E-state index in [-0.39, 0.29) is 18.1 Å².